The number of nitrogens with zero attached hydrogens (tertiary/aromatic N) is 6. The van der Waals surface area contributed by atoms with E-state index in [1.807, 2.05) is 18.7 Å². The van der Waals surface area contributed by atoms with Crippen LogP contribution in [0.15, 0.2) is 6.33 Å². The van der Waals surface area contributed by atoms with Crippen LogP contribution in [0, 0.1) is 13.8 Å². The summed E-state index contributed by atoms with van der Waals surface area (Å²) in [6, 6.07) is 0.321. The molecule has 4 rings (SSSR count). The van der Waals surface area contributed by atoms with Crippen molar-refractivity contribution in [1.82, 2.24) is 35.3 Å². The fourth-order valence-corrected chi connectivity index (χ4v) is 5.81. The zero-order valence-electron chi connectivity index (χ0n) is 20.5. The average Bonchev–Trinajstić information content (AvgIpc) is 3.47. The summed E-state index contributed by atoms with van der Waals surface area (Å²) in [5.41, 5.74) is 1.70. The van der Waals surface area contributed by atoms with E-state index in [0.717, 1.165) is 54.2 Å². The summed E-state index contributed by atoms with van der Waals surface area (Å²) in [6.07, 6.45) is 8.23. The molecule has 12 heteroatoms. The maximum atomic E-state index is 13.7. The Bertz CT molecular complexity index is 979. The van der Waals surface area contributed by atoms with Gasteiger partial charge in [-0.05, 0) is 68.5 Å². The van der Waals surface area contributed by atoms with Gasteiger partial charge in [0.25, 0.3) is 12.4 Å². The molecular formula is C23H35N7O4S. The zero-order valence-corrected chi connectivity index (χ0v) is 21.3. The van der Waals surface area contributed by atoms with Crippen molar-refractivity contribution in [3.05, 3.63) is 22.3 Å². The molecule has 0 saturated carbocycles. The van der Waals surface area contributed by atoms with Crippen LogP contribution in [0.4, 0.5) is 0 Å². The normalized spacial score (nSPS) is 20.2. The summed E-state index contributed by atoms with van der Waals surface area (Å²) >= 11 is 1.55. The minimum atomic E-state index is -0.250. The summed E-state index contributed by atoms with van der Waals surface area (Å²) in [5.74, 6) is 0.205. The van der Waals surface area contributed by atoms with Crippen molar-refractivity contribution in [3.63, 3.8) is 0 Å². The molecule has 0 spiro atoms. The van der Waals surface area contributed by atoms with E-state index in [4.69, 9.17) is 9.90 Å². The molecule has 2 N–H and O–H groups in total. The van der Waals surface area contributed by atoms with Crippen LogP contribution in [0.3, 0.4) is 0 Å². The van der Waals surface area contributed by atoms with E-state index in [1.54, 1.807) is 22.3 Å². The Hall–Kier alpha value is -2.86. The van der Waals surface area contributed by atoms with E-state index in [1.165, 1.54) is 12.8 Å². The fraction of sp³-hybridized carbons (Fsp3) is 0.652. The second kappa shape index (κ2) is 13.3. The Morgan fingerprint density at radius 2 is 1.86 bits per heavy atom. The number of aryl methyl sites for hydroxylation is 1. The van der Waals surface area contributed by atoms with Gasteiger partial charge in [0, 0.05) is 43.5 Å². The fourth-order valence-electron chi connectivity index (χ4n) is 4.74. The highest BCUT2D eigenvalue weighted by molar-refractivity contribution is 7.15. The first kappa shape index (κ1) is 26.7. The molecule has 2 saturated heterocycles. The maximum absolute atomic E-state index is 13.7. The van der Waals surface area contributed by atoms with Crippen LogP contribution in [-0.4, -0.2) is 92.2 Å². The highest BCUT2D eigenvalue weighted by Gasteiger charge is 2.28. The molecule has 4 heterocycles. The minimum absolute atomic E-state index is 0.0476. The Morgan fingerprint density at radius 1 is 1.14 bits per heavy atom. The molecule has 11 nitrogen and oxygen atoms in total. The summed E-state index contributed by atoms with van der Waals surface area (Å²) < 4.78 is 1.59. The van der Waals surface area contributed by atoms with E-state index in [2.05, 4.69) is 25.7 Å². The molecule has 0 aromatic carbocycles. The highest BCUT2D eigenvalue weighted by atomic mass is 32.1. The third kappa shape index (κ3) is 7.07. The lowest BCUT2D eigenvalue weighted by molar-refractivity contribution is -0.123. The lowest BCUT2D eigenvalue weighted by Gasteiger charge is -2.35. The number of thiophene rings is 1. The molecule has 35 heavy (non-hydrogen) atoms. The molecule has 1 unspecified atom stereocenters. The Morgan fingerprint density at radius 3 is 2.60 bits per heavy atom. The van der Waals surface area contributed by atoms with Crippen molar-refractivity contribution in [2.24, 2.45) is 0 Å². The largest absolute Gasteiger partial charge is 0.483 e. The van der Waals surface area contributed by atoms with Gasteiger partial charge in [-0.25, -0.2) is 0 Å². The highest BCUT2D eigenvalue weighted by Crippen LogP contribution is 2.31. The lowest BCUT2D eigenvalue weighted by atomic mass is 9.98. The maximum Gasteiger partial charge on any atom is 0.290 e. The van der Waals surface area contributed by atoms with Crippen LogP contribution in [0.25, 0.3) is 5.00 Å². The average molecular weight is 506 g/mol. The molecule has 2 aliphatic heterocycles. The minimum Gasteiger partial charge on any atom is -0.483 e. The smallest absolute Gasteiger partial charge is 0.290 e. The Labute approximate surface area is 209 Å². The SMILES string of the molecule is Cc1sc(-n2cnnn2)c(C(=O)N2CCCCNC(=O)CC3CCCCN3CCC2)c1C.O=CO. The number of carbonyl (C=O) groups is 3. The van der Waals surface area contributed by atoms with Crippen LogP contribution in [0.5, 0.6) is 0 Å². The topological polar surface area (TPSA) is 134 Å². The van der Waals surface area contributed by atoms with Gasteiger partial charge in [0.1, 0.15) is 11.3 Å². The van der Waals surface area contributed by atoms with Crippen molar-refractivity contribution in [3.8, 4) is 5.00 Å². The predicted octanol–water partition coefficient (Wildman–Crippen LogP) is 2.03. The van der Waals surface area contributed by atoms with Gasteiger partial charge < -0.3 is 15.3 Å². The lowest BCUT2D eigenvalue weighted by Crippen LogP contribution is -2.44. The van der Waals surface area contributed by atoms with E-state index >= 15 is 0 Å². The molecule has 2 aromatic rings. The van der Waals surface area contributed by atoms with E-state index in [0.29, 0.717) is 37.7 Å². The van der Waals surface area contributed by atoms with Gasteiger partial charge in [0.05, 0.1) is 5.56 Å². The second-order valence-corrected chi connectivity index (χ2v) is 10.1. The molecule has 2 fully saturated rings. The second-order valence-electron chi connectivity index (χ2n) is 8.92. The van der Waals surface area contributed by atoms with Gasteiger partial charge in [-0.1, -0.05) is 6.42 Å². The van der Waals surface area contributed by atoms with E-state index in [-0.39, 0.29) is 18.3 Å². The number of carboxylic acid groups (broad SMARTS) is 1. The van der Waals surface area contributed by atoms with Crippen LogP contribution in [0.2, 0.25) is 0 Å². The number of aromatic nitrogens is 4. The third-order valence-electron chi connectivity index (χ3n) is 6.65. The first-order valence-corrected chi connectivity index (χ1v) is 13.0. The Kier molecular flexibility index (Phi) is 10.2. The molecule has 0 aliphatic carbocycles. The molecular weight excluding hydrogens is 470 g/mol. The molecule has 0 radical (unpaired) electrons. The van der Waals surface area contributed by atoms with E-state index in [9.17, 15) is 9.59 Å². The number of tetrazole rings is 1. The number of nitrogens with one attached hydrogen (secondary N) is 1. The molecule has 1 atom stereocenters. The number of amides is 2. The van der Waals surface area contributed by atoms with Crippen LogP contribution < -0.4 is 5.32 Å². The zero-order chi connectivity index (χ0) is 25.2. The van der Waals surface area contributed by atoms with Crippen molar-refractivity contribution in [2.75, 3.05) is 32.7 Å². The van der Waals surface area contributed by atoms with Crippen LogP contribution in [0.1, 0.15) is 65.7 Å². The number of hydrogen-bond acceptors (Lipinski definition) is 8. The van der Waals surface area contributed by atoms with Crippen molar-refractivity contribution < 1.29 is 19.5 Å². The monoisotopic (exact) mass is 505 g/mol. The summed E-state index contributed by atoms with van der Waals surface area (Å²) in [6.45, 7) is 7.81. The van der Waals surface area contributed by atoms with Gasteiger partial charge >= 0.3 is 0 Å². The standard InChI is InChI=1S/C22H33N7O2S.CH2O2/c1-16-17(2)32-22(29-15-24-25-26-29)20(16)21(31)28-11-6-4-9-23-19(30)14-18-8-3-5-10-27(18)12-7-13-28;2-1-3/h15,18H,3-14H2,1-2H3,(H,23,30);1H,(H,2,3). The summed E-state index contributed by atoms with van der Waals surface area (Å²) in [7, 11) is 0. The molecule has 2 aromatic heterocycles. The van der Waals surface area contributed by atoms with Crippen molar-refractivity contribution in [2.45, 2.75) is 64.8 Å². The Balaban J connectivity index is 0.00000108. The first-order chi connectivity index (χ1) is 17.0. The van der Waals surface area contributed by atoms with Crippen LogP contribution in [-0.2, 0) is 9.59 Å². The van der Waals surface area contributed by atoms with Crippen molar-refractivity contribution >= 4 is 29.6 Å². The molecule has 0 bridgehead atoms. The van der Waals surface area contributed by atoms with Gasteiger partial charge in [-0.15, -0.1) is 16.4 Å². The molecule has 2 aliphatic rings. The van der Waals surface area contributed by atoms with Gasteiger partial charge in [-0.3, -0.25) is 19.3 Å². The number of rotatable bonds is 2. The van der Waals surface area contributed by atoms with Gasteiger partial charge in [0.15, 0.2) is 0 Å². The quantitative estimate of drug-likeness (QED) is 0.592. The number of piperidine rings is 1. The number of fused-ring (bicyclic) bond motifs is 1. The molecule has 192 valence electrons. The molecule has 2 amide bonds. The predicted molar refractivity (Wildman–Crippen MR) is 132 cm³/mol. The van der Waals surface area contributed by atoms with Gasteiger partial charge in [0.2, 0.25) is 5.91 Å². The van der Waals surface area contributed by atoms with Crippen molar-refractivity contribution in [1.29, 1.82) is 0 Å². The first-order valence-electron chi connectivity index (χ1n) is 12.2. The van der Waals surface area contributed by atoms with E-state index < -0.39 is 0 Å². The van der Waals surface area contributed by atoms with Crippen LogP contribution >= 0.6 is 11.3 Å². The third-order valence-corrected chi connectivity index (χ3v) is 7.84. The number of hydrogen-bond donors (Lipinski definition) is 2. The van der Waals surface area contributed by atoms with Gasteiger partial charge in [-0.2, -0.15) is 4.68 Å². The number of carbonyl (C=O) groups excluding carboxylic acids is 2. The summed E-state index contributed by atoms with van der Waals surface area (Å²) in [4.78, 5) is 40.0. The summed E-state index contributed by atoms with van der Waals surface area (Å²) in [5, 5.41) is 22.3.